The van der Waals surface area contributed by atoms with Gasteiger partial charge in [-0.15, -0.1) is 0 Å². The maximum atomic E-state index is 14.2. The molecule has 1 N–H and O–H groups in total. The zero-order valence-electron chi connectivity index (χ0n) is 23.8. The molecular formula is C30H36ClFN4O4S. The van der Waals surface area contributed by atoms with Gasteiger partial charge in [0.2, 0.25) is 11.8 Å². The maximum Gasteiger partial charge on any atom is 0.304 e. The second-order valence-corrected chi connectivity index (χ2v) is 13.4. The summed E-state index contributed by atoms with van der Waals surface area (Å²) in [6, 6.07) is 20.0. The molecule has 3 aromatic rings. The molecular weight excluding hydrogens is 567 g/mol. The van der Waals surface area contributed by atoms with Gasteiger partial charge in [-0.2, -0.15) is 12.7 Å². The van der Waals surface area contributed by atoms with Crippen LogP contribution in [-0.2, 0) is 32.8 Å². The second kappa shape index (κ2) is 13.5. The Kier molecular flexibility index (Phi) is 10.5. The molecule has 1 atom stereocenters. The molecule has 0 radical (unpaired) electrons. The number of nitrogens with one attached hydrogen (secondary N) is 1. The highest BCUT2D eigenvalue weighted by atomic mass is 35.5. The van der Waals surface area contributed by atoms with E-state index in [0.29, 0.717) is 10.6 Å². The van der Waals surface area contributed by atoms with Crippen molar-refractivity contribution in [2.45, 2.75) is 45.3 Å². The van der Waals surface area contributed by atoms with Gasteiger partial charge in [0.05, 0.1) is 5.69 Å². The number of hydrogen-bond acceptors (Lipinski definition) is 4. The Morgan fingerprint density at radius 3 is 2.10 bits per heavy atom. The number of carbonyl (C=O) groups is 2. The number of hydrogen-bond donors (Lipinski definition) is 1. The molecule has 0 aliphatic carbocycles. The van der Waals surface area contributed by atoms with Crippen molar-refractivity contribution < 1.29 is 22.4 Å². The van der Waals surface area contributed by atoms with E-state index >= 15 is 0 Å². The van der Waals surface area contributed by atoms with Crippen LogP contribution >= 0.6 is 11.6 Å². The zero-order chi connectivity index (χ0) is 30.4. The third-order valence-corrected chi connectivity index (χ3v) is 8.20. The van der Waals surface area contributed by atoms with Crippen LogP contribution in [0, 0.1) is 5.82 Å². The first kappa shape index (κ1) is 32.0. The number of benzene rings is 3. The summed E-state index contributed by atoms with van der Waals surface area (Å²) in [4.78, 5) is 29.3. The van der Waals surface area contributed by atoms with E-state index in [4.69, 9.17) is 11.6 Å². The van der Waals surface area contributed by atoms with Gasteiger partial charge < -0.3 is 10.2 Å². The molecule has 8 nitrogen and oxygen atoms in total. The smallest absolute Gasteiger partial charge is 0.304 e. The third-order valence-electron chi connectivity index (χ3n) is 6.14. The summed E-state index contributed by atoms with van der Waals surface area (Å²) in [6.07, 6.45) is 0.187. The standard InChI is InChI=1S/C30H36ClFN4O4S/c1-30(2,3)33-29(38)27(19-22-10-7-6-8-11-22)35(20-23-12-9-13-24(31)18-23)28(37)21-36(41(39,40)34(4)5)26-16-14-25(32)15-17-26/h6-18,27H,19-21H2,1-5H3,(H,33,38)/t27-/m0/s1. The molecule has 2 amide bonds. The Morgan fingerprint density at radius 1 is 0.927 bits per heavy atom. The van der Waals surface area contributed by atoms with Crippen LogP contribution in [0.1, 0.15) is 31.9 Å². The molecule has 3 rings (SSSR count). The summed E-state index contributed by atoms with van der Waals surface area (Å²) in [6.45, 7) is 4.89. The van der Waals surface area contributed by atoms with E-state index in [1.165, 1.54) is 31.1 Å². The SMILES string of the molecule is CN(C)S(=O)(=O)N(CC(=O)N(Cc1cccc(Cl)c1)[C@@H](Cc1ccccc1)C(=O)NC(C)(C)C)c1ccc(F)cc1. The van der Waals surface area contributed by atoms with Crippen molar-refractivity contribution in [2.24, 2.45) is 0 Å². The van der Waals surface area contributed by atoms with E-state index in [2.05, 4.69) is 5.32 Å². The van der Waals surface area contributed by atoms with Crippen LogP contribution in [0.5, 0.6) is 0 Å². The fourth-order valence-electron chi connectivity index (χ4n) is 4.16. The first-order valence-corrected chi connectivity index (χ1v) is 14.8. The summed E-state index contributed by atoms with van der Waals surface area (Å²) in [5.41, 5.74) is 0.999. The van der Waals surface area contributed by atoms with Gasteiger partial charge in [-0.05, 0) is 68.3 Å². The largest absolute Gasteiger partial charge is 0.350 e. The number of halogens is 2. The summed E-state index contributed by atoms with van der Waals surface area (Å²) in [7, 11) is -1.49. The minimum absolute atomic E-state index is 0.00622. The Balaban J connectivity index is 2.11. The average Bonchev–Trinajstić information content (AvgIpc) is 2.89. The van der Waals surface area contributed by atoms with Crippen molar-refractivity contribution in [3.8, 4) is 0 Å². The van der Waals surface area contributed by atoms with Gasteiger partial charge in [0.25, 0.3) is 0 Å². The summed E-state index contributed by atoms with van der Waals surface area (Å²) in [5.74, 6) is -1.56. The summed E-state index contributed by atoms with van der Waals surface area (Å²) < 4.78 is 42.3. The van der Waals surface area contributed by atoms with Crippen molar-refractivity contribution in [3.63, 3.8) is 0 Å². The van der Waals surface area contributed by atoms with Crippen LogP contribution in [0.25, 0.3) is 0 Å². The molecule has 0 saturated heterocycles. The first-order chi connectivity index (χ1) is 19.2. The highest BCUT2D eigenvalue weighted by molar-refractivity contribution is 7.90. The van der Waals surface area contributed by atoms with Gasteiger partial charge in [0.1, 0.15) is 18.4 Å². The second-order valence-electron chi connectivity index (χ2n) is 10.9. The van der Waals surface area contributed by atoms with Crippen LogP contribution in [0.2, 0.25) is 5.02 Å². The number of amides is 2. The molecule has 220 valence electrons. The van der Waals surface area contributed by atoms with Crippen molar-refractivity contribution in [1.82, 2.24) is 14.5 Å². The quantitative estimate of drug-likeness (QED) is 0.346. The van der Waals surface area contributed by atoms with Crippen LogP contribution < -0.4 is 9.62 Å². The molecule has 11 heteroatoms. The Morgan fingerprint density at radius 2 is 1.54 bits per heavy atom. The molecule has 0 fully saturated rings. The lowest BCUT2D eigenvalue weighted by molar-refractivity contribution is -0.140. The van der Waals surface area contributed by atoms with Gasteiger partial charge in [0.15, 0.2) is 0 Å². The van der Waals surface area contributed by atoms with E-state index in [1.807, 2.05) is 51.1 Å². The van der Waals surface area contributed by atoms with E-state index in [1.54, 1.807) is 24.3 Å². The predicted molar refractivity (Wildman–Crippen MR) is 160 cm³/mol. The molecule has 41 heavy (non-hydrogen) atoms. The Bertz CT molecular complexity index is 1450. The van der Waals surface area contributed by atoms with Crippen molar-refractivity contribution in [2.75, 3.05) is 24.9 Å². The zero-order valence-corrected chi connectivity index (χ0v) is 25.4. The lowest BCUT2D eigenvalue weighted by Gasteiger charge is -2.35. The molecule has 0 aliphatic heterocycles. The summed E-state index contributed by atoms with van der Waals surface area (Å²) >= 11 is 6.23. The molecule has 0 heterocycles. The maximum absolute atomic E-state index is 14.2. The minimum Gasteiger partial charge on any atom is -0.350 e. The normalized spacial score (nSPS) is 12.6. The molecule has 0 aromatic heterocycles. The molecule has 0 aliphatic rings. The third kappa shape index (κ3) is 9.01. The minimum atomic E-state index is -4.17. The first-order valence-electron chi connectivity index (χ1n) is 13.0. The molecule has 3 aromatic carbocycles. The molecule has 0 saturated carbocycles. The van der Waals surface area contributed by atoms with Crippen LogP contribution in [-0.4, -0.2) is 61.7 Å². The van der Waals surface area contributed by atoms with Crippen LogP contribution in [0.3, 0.4) is 0 Å². The average molecular weight is 603 g/mol. The summed E-state index contributed by atoms with van der Waals surface area (Å²) in [5, 5.41) is 3.43. The van der Waals surface area contributed by atoms with Gasteiger partial charge in [-0.25, -0.2) is 8.70 Å². The van der Waals surface area contributed by atoms with E-state index in [-0.39, 0.29) is 24.6 Å². The predicted octanol–water partition coefficient (Wildman–Crippen LogP) is 4.65. The number of anilines is 1. The van der Waals surface area contributed by atoms with Gasteiger partial charge in [0, 0.05) is 37.6 Å². The number of rotatable bonds is 11. The lowest BCUT2D eigenvalue weighted by atomic mass is 10.0. The van der Waals surface area contributed by atoms with Gasteiger partial charge in [-0.3, -0.25) is 9.59 Å². The molecule has 0 unspecified atom stereocenters. The number of nitrogens with zero attached hydrogens (tertiary/aromatic N) is 3. The monoisotopic (exact) mass is 602 g/mol. The van der Waals surface area contributed by atoms with Crippen molar-refractivity contribution in [1.29, 1.82) is 0 Å². The Labute approximate surface area is 246 Å². The van der Waals surface area contributed by atoms with E-state index < -0.39 is 40.1 Å². The number of carbonyl (C=O) groups excluding carboxylic acids is 2. The van der Waals surface area contributed by atoms with Gasteiger partial charge >= 0.3 is 10.2 Å². The van der Waals surface area contributed by atoms with E-state index in [9.17, 15) is 22.4 Å². The Hall–Kier alpha value is -3.47. The van der Waals surface area contributed by atoms with Crippen molar-refractivity contribution in [3.05, 3.63) is 101 Å². The van der Waals surface area contributed by atoms with Crippen LogP contribution in [0.15, 0.2) is 78.9 Å². The van der Waals surface area contributed by atoms with Gasteiger partial charge in [-0.1, -0.05) is 54.1 Å². The highest BCUT2D eigenvalue weighted by Gasteiger charge is 2.35. The fourth-order valence-corrected chi connectivity index (χ4v) is 5.43. The fraction of sp³-hybridized carbons (Fsp3) is 0.333. The molecule has 0 spiro atoms. The van der Waals surface area contributed by atoms with Crippen molar-refractivity contribution >= 4 is 39.3 Å². The highest BCUT2D eigenvalue weighted by Crippen LogP contribution is 2.23. The molecule has 0 bridgehead atoms. The van der Waals surface area contributed by atoms with E-state index in [0.717, 1.165) is 26.3 Å². The van der Waals surface area contributed by atoms with Crippen LogP contribution in [0.4, 0.5) is 10.1 Å². The topological polar surface area (TPSA) is 90.0 Å². The lowest BCUT2D eigenvalue weighted by Crippen LogP contribution is -2.56.